The number of phenolic OH excluding ortho intramolecular Hbond substituents is 1. The van der Waals surface area contributed by atoms with E-state index in [9.17, 15) is 5.11 Å². The topological polar surface area (TPSA) is 54.4 Å². The summed E-state index contributed by atoms with van der Waals surface area (Å²) in [6.07, 6.45) is 0. The summed E-state index contributed by atoms with van der Waals surface area (Å²) in [4.78, 5) is 4.60. The molecule has 0 fully saturated rings. The minimum absolute atomic E-state index is 0.119. The fourth-order valence-corrected chi connectivity index (χ4v) is 2.20. The van der Waals surface area contributed by atoms with Gasteiger partial charge in [-0.25, -0.2) is 0 Å². The number of aromatic hydroxyl groups is 1. The van der Waals surface area contributed by atoms with Crippen LogP contribution in [0.5, 0.6) is 11.5 Å². The molecule has 0 atom stereocenters. The first kappa shape index (κ1) is 13.2. The zero-order valence-corrected chi connectivity index (χ0v) is 11.7. The summed E-state index contributed by atoms with van der Waals surface area (Å²) < 4.78 is 5.02. The first-order valence-electron chi connectivity index (χ1n) is 6.72. The maximum atomic E-state index is 9.75. The number of pyridine rings is 1. The van der Waals surface area contributed by atoms with Crippen molar-refractivity contribution >= 4 is 16.6 Å². The molecule has 0 bridgehead atoms. The predicted octanol–water partition coefficient (Wildman–Crippen LogP) is 3.56. The van der Waals surface area contributed by atoms with E-state index in [4.69, 9.17) is 4.74 Å². The third-order valence-electron chi connectivity index (χ3n) is 3.31. The maximum Gasteiger partial charge on any atom is 0.160 e. The molecular weight excluding hydrogens is 264 g/mol. The molecule has 0 amide bonds. The van der Waals surface area contributed by atoms with Gasteiger partial charge in [0.1, 0.15) is 0 Å². The normalized spacial score (nSPS) is 10.5. The van der Waals surface area contributed by atoms with Gasteiger partial charge in [-0.15, -0.1) is 0 Å². The Morgan fingerprint density at radius 3 is 2.76 bits per heavy atom. The van der Waals surface area contributed by atoms with Gasteiger partial charge in [0.15, 0.2) is 11.5 Å². The van der Waals surface area contributed by atoms with E-state index in [1.165, 1.54) is 7.11 Å². The van der Waals surface area contributed by atoms with Crippen LogP contribution >= 0.6 is 0 Å². The molecule has 2 aromatic carbocycles. The van der Waals surface area contributed by atoms with Crippen molar-refractivity contribution in [3.63, 3.8) is 0 Å². The summed E-state index contributed by atoms with van der Waals surface area (Å²) >= 11 is 0. The molecule has 0 aliphatic rings. The van der Waals surface area contributed by atoms with Crippen molar-refractivity contribution in [3.8, 4) is 11.5 Å². The number of ether oxygens (including phenoxy) is 1. The first-order valence-corrected chi connectivity index (χ1v) is 6.72. The highest BCUT2D eigenvalue weighted by atomic mass is 16.5. The Morgan fingerprint density at radius 1 is 1.10 bits per heavy atom. The van der Waals surface area contributed by atoms with E-state index in [1.54, 1.807) is 12.1 Å². The fourth-order valence-electron chi connectivity index (χ4n) is 2.20. The lowest BCUT2D eigenvalue weighted by Crippen LogP contribution is -2.01. The predicted molar refractivity (Wildman–Crippen MR) is 83.7 cm³/mol. The van der Waals surface area contributed by atoms with Gasteiger partial charge in [0.2, 0.25) is 0 Å². The molecule has 4 heteroatoms. The van der Waals surface area contributed by atoms with E-state index >= 15 is 0 Å². The Hall–Kier alpha value is -2.75. The average Bonchev–Trinajstić information content (AvgIpc) is 2.53. The van der Waals surface area contributed by atoms with E-state index in [0.29, 0.717) is 12.3 Å². The number of benzene rings is 2. The number of aromatic nitrogens is 1. The van der Waals surface area contributed by atoms with Gasteiger partial charge >= 0.3 is 0 Å². The summed E-state index contributed by atoms with van der Waals surface area (Å²) in [5.74, 6) is 0.582. The Balaban J connectivity index is 1.75. The standard InChI is InChI=1S/C17H16N2O2/c1-21-17-9-8-13(10-16(17)20)18-11-14-7-6-12-4-2-3-5-15(12)19-14/h2-10,18,20H,11H2,1H3. The van der Waals surface area contributed by atoms with Crippen molar-refractivity contribution in [2.45, 2.75) is 6.54 Å². The van der Waals surface area contributed by atoms with Crippen LogP contribution in [0.15, 0.2) is 54.6 Å². The van der Waals surface area contributed by atoms with Crippen LogP contribution < -0.4 is 10.1 Å². The summed E-state index contributed by atoms with van der Waals surface area (Å²) in [5.41, 5.74) is 2.75. The largest absolute Gasteiger partial charge is 0.504 e. The second-order valence-electron chi connectivity index (χ2n) is 4.74. The molecule has 4 nitrogen and oxygen atoms in total. The molecule has 3 aromatic rings. The molecule has 0 unspecified atom stereocenters. The van der Waals surface area contributed by atoms with Crippen LogP contribution in [0.3, 0.4) is 0 Å². The monoisotopic (exact) mass is 280 g/mol. The van der Waals surface area contributed by atoms with E-state index < -0.39 is 0 Å². The van der Waals surface area contributed by atoms with Gasteiger partial charge in [-0.3, -0.25) is 4.98 Å². The molecule has 0 saturated heterocycles. The summed E-state index contributed by atoms with van der Waals surface area (Å²) in [5, 5.41) is 14.1. The van der Waals surface area contributed by atoms with Crippen LogP contribution in [-0.4, -0.2) is 17.2 Å². The lowest BCUT2D eigenvalue weighted by Gasteiger charge is -2.09. The molecule has 0 aliphatic heterocycles. The van der Waals surface area contributed by atoms with Crippen LogP contribution in [-0.2, 0) is 6.54 Å². The first-order chi connectivity index (χ1) is 10.3. The third kappa shape index (κ3) is 2.89. The summed E-state index contributed by atoms with van der Waals surface area (Å²) in [6.45, 7) is 0.594. The number of nitrogens with one attached hydrogen (secondary N) is 1. The molecule has 1 aromatic heterocycles. The second kappa shape index (κ2) is 5.71. The number of nitrogens with zero attached hydrogens (tertiary/aromatic N) is 1. The Bertz CT molecular complexity index is 772. The number of rotatable bonds is 4. The lowest BCUT2D eigenvalue weighted by molar-refractivity contribution is 0.373. The Labute approximate surface area is 123 Å². The molecule has 0 radical (unpaired) electrons. The van der Waals surface area contributed by atoms with Crippen molar-refractivity contribution in [1.82, 2.24) is 4.98 Å². The van der Waals surface area contributed by atoms with E-state index in [0.717, 1.165) is 22.3 Å². The minimum Gasteiger partial charge on any atom is -0.504 e. The number of fused-ring (bicyclic) bond motifs is 1. The van der Waals surface area contributed by atoms with Crippen molar-refractivity contribution in [2.24, 2.45) is 0 Å². The van der Waals surface area contributed by atoms with Crippen LogP contribution in [0.4, 0.5) is 5.69 Å². The minimum atomic E-state index is 0.119. The zero-order chi connectivity index (χ0) is 14.7. The van der Waals surface area contributed by atoms with Gasteiger partial charge in [-0.2, -0.15) is 0 Å². The number of hydrogen-bond donors (Lipinski definition) is 2. The van der Waals surface area contributed by atoms with Crippen molar-refractivity contribution in [3.05, 3.63) is 60.3 Å². The number of phenols is 1. The quantitative estimate of drug-likeness (QED) is 0.767. The van der Waals surface area contributed by atoms with Crippen LogP contribution in [0.2, 0.25) is 0 Å². The van der Waals surface area contributed by atoms with Gasteiger partial charge < -0.3 is 15.2 Å². The van der Waals surface area contributed by atoms with Crippen LogP contribution in [0.25, 0.3) is 10.9 Å². The van der Waals surface area contributed by atoms with E-state index in [1.807, 2.05) is 36.4 Å². The number of hydrogen-bond acceptors (Lipinski definition) is 4. The smallest absolute Gasteiger partial charge is 0.160 e. The number of anilines is 1. The molecule has 0 aliphatic carbocycles. The van der Waals surface area contributed by atoms with E-state index in [2.05, 4.69) is 16.4 Å². The molecule has 106 valence electrons. The number of methoxy groups -OCH3 is 1. The molecular formula is C17H16N2O2. The van der Waals surface area contributed by atoms with Crippen molar-refractivity contribution in [2.75, 3.05) is 12.4 Å². The molecule has 3 rings (SSSR count). The molecule has 1 heterocycles. The molecule has 21 heavy (non-hydrogen) atoms. The van der Waals surface area contributed by atoms with Crippen molar-refractivity contribution < 1.29 is 9.84 Å². The van der Waals surface area contributed by atoms with Gasteiger partial charge in [0.05, 0.1) is 24.9 Å². The maximum absolute atomic E-state index is 9.75. The van der Waals surface area contributed by atoms with Gasteiger partial charge in [-0.1, -0.05) is 24.3 Å². The summed E-state index contributed by atoms with van der Waals surface area (Å²) in [7, 11) is 1.53. The van der Waals surface area contributed by atoms with Gasteiger partial charge in [-0.05, 0) is 24.3 Å². The molecule has 0 saturated carbocycles. The SMILES string of the molecule is COc1ccc(NCc2ccc3ccccc3n2)cc1O. The number of para-hydroxylation sites is 1. The van der Waals surface area contributed by atoms with Crippen molar-refractivity contribution in [1.29, 1.82) is 0 Å². The van der Waals surface area contributed by atoms with Crippen LogP contribution in [0, 0.1) is 0 Å². The molecule has 2 N–H and O–H groups in total. The van der Waals surface area contributed by atoms with Gasteiger partial charge in [0.25, 0.3) is 0 Å². The second-order valence-corrected chi connectivity index (χ2v) is 4.74. The summed E-state index contributed by atoms with van der Waals surface area (Å²) in [6, 6.07) is 17.3. The zero-order valence-electron chi connectivity index (χ0n) is 11.7. The van der Waals surface area contributed by atoms with E-state index in [-0.39, 0.29) is 5.75 Å². The Kier molecular flexibility index (Phi) is 3.60. The average molecular weight is 280 g/mol. The lowest BCUT2D eigenvalue weighted by atomic mass is 10.2. The highest BCUT2D eigenvalue weighted by Gasteiger charge is 2.03. The Morgan fingerprint density at radius 2 is 1.95 bits per heavy atom. The molecule has 0 spiro atoms. The highest BCUT2D eigenvalue weighted by Crippen LogP contribution is 2.28. The fraction of sp³-hybridized carbons (Fsp3) is 0.118. The highest BCUT2D eigenvalue weighted by molar-refractivity contribution is 5.78. The van der Waals surface area contributed by atoms with Gasteiger partial charge in [0, 0.05) is 17.1 Å². The van der Waals surface area contributed by atoms with Crippen LogP contribution in [0.1, 0.15) is 5.69 Å². The third-order valence-corrected chi connectivity index (χ3v) is 3.31.